The number of hydrogen-bond donors (Lipinski definition) is 1. The molecule has 2 N–H and O–H groups in total. The van der Waals surface area contributed by atoms with E-state index < -0.39 is 5.91 Å². The molecular weight excluding hydrogens is 554 g/mol. The van der Waals surface area contributed by atoms with Crippen LogP contribution in [0.4, 0.5) is 0 Å². The Hall–Kier alpha value is -5.18. The number of amides is 1. The lowest BCUT2D eigenvalue weighted by molar-refractivity contribution is -0.119. The van der Waals surface area contributed by atoms with Crippen LogP contribution in [0.2, 0.25) is 0 Å². The summed E-state index contributed by atoms with van der Waals surface area (Å²) < 4.78 is 14.8. The second-order valence-corrected chi connectivity index (χ2v) is 11.0. The summed E-state index contributed by atoms with van der Waals surface area (Å²) in [6, 6.07) is 20.8. The molecule has 0 bridgehead atoms. The van der Waals surface area contributed by atoms with Crippen molar-refractivity contribution >= 4 is 23.0 Å². The van der Waals surface area contributed by atoms with E-state index in [-0.39, 0.29) is 18.1 Å². The Kier molecular flexibility index (Phi) is 8.66. The van der Waals surface area contributed by atoms with E-state index in [1.807, 2.05) is 70.2 Å². The maximum absolute atomic E-state index is 13.9. The molecular formula is C35H37N5O4. The van der Waals surface area contributed by atoms with E-state index in [2.05, 4.69) is 24.5 Å². The molecule has 9 heteroatoms. The summed E-state index contributed by atoms with van der Waals surface area (Å²) in [5.41, 5.74) is 12.1. The van der Waals surface area contributed by atoms with Gasteiger partial charge in [0.1, 0.15) is 11.5 Å². The van der Waals surface area contributed by atoms with Crippen LogP contribution in [0.5, 0.6) is 11.5 Å². The minimum absolute atomic E-state index is 0.179. The van der Waals surface area contributed by atoms with Gasteiger partial charge in [-0.25, -0.2) is 4.98 Å². The number of primary amides is 1. The monoisotopic (exact) mass is 591 g/mol. The fourth-order valence-corrected chi connectivity index (χ4v) is 5.36. The highest BCUT2D eigenvalue weighted by molar-refractivity contribution is 5.84. The molecule has 5 rings (SSSR count). The maximum atomic E-state index is 13.9. The second kappa shape index (κ2) is 12.6. The molecule has 0 saturated carbocycles. The average molecular weight is 592 g/mol. The molecule has 0 unspecified atom stereocenters. The number of nitrogens with zero attached hydrogens (tertiary/aromatic N) is 4. The fourth-order valence-electron chi connectivity index (χ4n) is 5.36. The molecule has 0 radical (unpaired) electrons. The van der Waals surface area contributed by atoms with E-state index in [4.69, 9.17) is 25.3 Å². The summed E-state index contributed by atoms with van der Waals surface area (Å²) in [5, 5.41) is 5.24. The van der Waals surface area contributed by atoms with Crippen LogP contribution in [-0.4, -0.2) is 39.6 Å². The third-order valence-electron chi connectivity index (χ3n) is 7.53. The van der Waals surface area contributed by atoms with Gasteiger partial charge in [-0.2, -0.15) is 9.78 Å². The van der Waals surface area contributed by atoms with Gasteiger partial charge in [-0.3, -0.25) is 9.59 Å². The minimum Gasteiger partial charge on any atom is -0.494 e. The molecule has 0 aliphatic heterocycles. The summed E-state index contributed by atoms with van der Waals surface area (Å²) in [4.78, 5) is 29.9. The van der Waals surface area contributed by atoms with Crippen LogP contribution < -0.4 is 20.8 Å². The van der Waals surface area contributed by atoms with Gasteiger partial charge in [-0.1, -0.05) is 26.0 Å². The Labute approximate surface area is 256 Å². The summed E-state index contributed by atoms with van der Waals surface area (Å²) >= 11 is 0. The van der Waals surface area contributed by atoms with Crippen molar-refractivity contribution in [3.05, 3.63) is 105 Å². The molecule has 0 spiro atoms. The van der Waals surface area contributed by atoms with Crippen LogP contribution in [0.1, 0.15) is 54.8 Å². The van der Waals surface area contributed by atoms with Gasteiger partial charge in [-0.05, 0) is 99.3 Å². The van der Waals surface area contributed by atoms with Crippen molar-refractivity contribution in [3.63, 3.8) is 0 Å². The number of hydrogen-bond acceptors (Lipinski definition) is 6. The van der Waals surface area contributed by atoms with Crippen molar-refractivity contribution in [3.8, 4) is 28.6 Å². The Morgan fingerprint density at radius 2 is 1.75 bits per heavy atom. The zero-order valence-electron chi connectivity index (χ0n) is 25.9. The molecule has 44 heavy (non-hydrogen) atoms. The van der Waals surface area contributed by atoms with Crippen molar-refractivity contribution < 1.29 is 14.3 Å². The Morgan fingerprint density at radius 1 is 1.02 bits per heavy atom. The fraction of sp³-hybridized carbons (Fsp3) is 0.257. The van der Waals surface area contributed by atoms with Gasteiger partial charge < -0.3 is 19.8 Å². The molecule has 0 saturated heterocycles. The first-order valence-corrected chi connectivity index (χ1v) is 14.6. The summed E-state index contributed by atoms with van der Waals surface area (Å²) in [7, 11) is 0. The van der Waals surface area contributed by atoms with E-state index in [0.29, 0.717) is 29.1 Å². The Bertz CT molecular complexity index is 1930. The van der Waals surface area contributed by atoms with Crippen molar-refractivity contribution in [2.24, 2.45) is 10.8 Å². The summed E-state index contributed by atoms with van der Waals surface area (Å²) in [6.07, 6.45) is 1.71. The lowest BCUT2D eigenvalue weighted by atomic mass is 9.96. The standard InChI is InChI=1S/C35H37N5O4/c1-7-43-32-16-22(4)30(18-29(32)21(2)3)34-38-31-11-9-8-10-28(31)35(42)40(34)37-19-25-17-23(5)39(24(25)6)26-12-14-27(15-13-26)44-20-33(36)41/h8-19,21H,7,20H2,1-6H3,(H2,36,41). The highest BCUT2D eigenvalue weighted by Crippen LogP contribution is 2.34. The van der Waals surface area contributed by atoms with Crippen LogP contribution in [0.15, 0.2) is 76.6 Å². The van der Waals surface area contributed by atoms with E-state index >= 15 is 0 Å². The van der Waals surface area contributed by atoms with Gasteiger partial charge in [-0.15, -0.1) is 0 Å². The molecule has 2 aromatic heterocycles. The summed E-state index contributed by atoms with van der Waals surface area (Å²) in [6.45, 7) is 12.6. The third-order valence-corrected chi connectivity index (χ3v) is 7.53. The molecule has 2 heterocycles. The van der Waals surface area contributed by atoms with Crippen LogP contribution in [0.25, 0.3) is 28.0 Å². The van der Waals surface area contributed by atoms with Gasteiger partial charge in [0, 0.05) is 28.2 Å². The van der Waals surface area contributed by atoms with Gasteiger partial charge in [0.15, 0.2) is 12.4 Å². The number of benzene rings is 3. The number of aryl methyl sites for hydroxylation is 2. The average Bonchev–Trinajstić information content (AvgIpc) is 3.28. The van der Waals surface area contributed by atoms with Crippen molar-refractivity contribution in [2.45, 2.75) is 47.5 Å². The number of fused-ring (bicyclic) bond motifs is 1. The van der Waals surface area contributed by atoms with Crippen molar-refractivity contribution in [1.82, 2.24) is 14.2 Å². The number of aromatic nitrogens is 3. The largest absolute Gasteiger partial charge is 0.494 e. The molecule has 0 aliphatic carbocycles. The lowest BCUT2D eigenvalue weighted by Gasteiger charge is -2.18. The smallest absolute Gasteiger partial charge is 0.282 e. The third kappa shape index (κ3) is 5.99. The molecule has 5 aromatic rings. The van der Waals surface area contributed by atoms with Gasteiger partial charge in [0.05, 0.1) is 23.7 Å². The van der Waals surface area contributed by atoms with Crippen molar-refractivity contribution in [2.75, 3.05) is 13.2 Å². The molecule has 9 nitrogen and oxygen atoms in total. The number of ether oxygens (including phenoxy) is 2. The highest BCUT2D eigenvalue weighted by Gasteiger charge is 2.19. The predicted octanol–water partition coefficient (Wildman–Crippen LogP) is 6.05. The zero-order valence-corrected chi connectivity index (χ0v) is 25.9. The van der Waals surface area contributed by atoms with E-state index in [1.54, 1.807) is 24.4 Å². The highest BCUT2D eigenvalue weighted by atomic mass is 16.5. The molecule has 0 atom stereocenters. The molecule has 0 fully saturated rings. The first kappa shape index (κ1) is 30.3. The van der Waals surface area contributed by atoms with Crippen molar-refractivity contribution in [1.29, 1.82) is 0 Å². The summed E-state index contributed by atoms with van der Waals surface area (Å²) in [5.74, 6) is 1.53. The van der Waals surface area contributed by atoms with E-state index in [1.165, 1.54) is 4.68 Å². The molecule has 226 valence electrons. The quantitative estimate of drug-likeness (QED) is 0.199. The topological polar surface area (TPSA) is 114 Å². The molecule has 0 aliphatic rings. The van der Waals surface area contributed by atoms with Crippen LogP contribution in [-0.2, 0) is 4.79 Å². The number of para-hydroxylation sites is 1. The first-order valence-electron chi connectivity index (χ1n) is 14.6. The number of nitrogens with two attached hydrogens (primary N) is 1. The zero-order chi connectivity index (χ0) is 31.5. The van der Waals surface area contributed by atoms with Gasteiger partial charge in [0.25, 0.3) is 11.5 Å². The van der Waals surface area contributed by atoms with Crippen LogP contribution in [0, 0.1) is 20.8 Å². The Morgan fingerprint density at radius 3 is 2.43 bits per heavy atom. The Balaban J connectivity index is 1.61. The van der Waals surface area contributed by atoms with Crippen LogP contribution in [0.3, 0.4) is 0 Å². The number of rotatable bonds is 10. The SMILES string of the molecule is CCOc1cc(C)c(-c2nc3ccccc3c(=O)n2N=Cc2cc(C)n(-c3ccc(OCC(N)=O)cc3)c2C)cc1C(C)C. The van der Waals surface area contributed by atoms with E-state index in [0.717, 1.165) is 45.1 Å². The molecule has 3 aromatic carbocycles. The normalized spacial score (nSPS) is 11.5. The predicted molar refractivity (Wildman–Crippen MR) is 174 cm³/mol. The number of carbonyl (C=O) groups excluding carboxylic acids is 1. The van der Waals surface area contributed by atoms with Crippen LogP contribution >= 0.6 is 0 Å². The van der Waals surface area contributed by atoms with Gasteiger partial charge >= 0.3 is 0 Å². The minimum atomic E-state index is -0.531. The lowest BCUT2D eigenvalue weighted by Crippen LogP contribution is -2.21. The maximum Gasteiger partial charge on any atom is 0.282 e. The van der Waals surface area contributed by atoms with E-state index in [9.17, 15) is 9.59 Å². The first-order chi connectivity index (χ1) is 21.1. The second-order valence-electron chi connectivity index (χ2n) is 11.0. The molecule has 1 amide bonds. The number of carbonyl (C=O) groups is 1. The van der Waals surface area contributed by atoms with Gasteiger partial charge in [0.2, 0.25) is 0 Å².